The number of esters is 1. The minimum Gasteiger partial charge on any atom is -0.482 e. The molecule has 1 aliphatic rings. The SMILES string of the molecule is COC(=O)c1c(OCc2ccccc2)c(=O)c(C(=O)NCc2c(F)cc(F)cc2F)cn1[C@H]1CCc2cccc(F)c2NC1. The van der Waals surface area contributed by atoms with Gasteiger partial charge in [-0.2, -0.15) is 0 Å². The van der Waals surface area contributed by atoms with Crippen LogP contribution in [0.1, 0.15) is 50.0 Å². The third-order valence-corrected chi connectivity index (χ3v) is 7.33. The second-order valence-electron chi connectivity index (χ2n) is 10.1. The van der Waals surface area contributed by atoms with E-state index in [1.165, 1.54) is 10.6 Å². The summed E-state index contributed by atoms with van der Waals surface area (Å²) in [5.74, 6) is -6.43. The number of aryl methyl sites for hydroxylation is 1. The normalized spacial score (nSPS) is 14.2. The highest BCUT2D eigenvalue weighted by atomic mass is 19.1. The number of amides is 1. The first-order valence-electron chi connectivity index (χ1n) is 13.6. The van der Waals surface area contributed by atoms with Gasteiger partial charge in [0.15, 0.2) is 11.4 Å². The lowest BCUT2D eigenvalue weighted by Gasteiger charge is -2.25. The van der Waals surface area contributed by atoms with Crippen molar-refractivity contribution >= 4 is 17.6 Å². The minimum absolute atomic E-state index is 0.103. The molecule has 0 unspecified atom stereocenters. The average molecular weight is 610 g/mol. The lowest BCUT2D eigenvalue weighted by atomic mass is 10.0. The summed E-state index contributed by atoms with van der Waals surface area (Å²) in [6.45, 7) is -0.739. The van der Waals surface area contributed by atoms with Gasteiger partial charge in [0.2, 0.25) is 5.43 Å². The van der Waals surface area contributed by atoms with Gasteiger partial charge in [0.05, 0.1) is 18.8 Å². The highest BCUT2D eigenvalue weighted by Crippen LogP contribution is 2.31. The van der Waals surface area contributed by atoms with Crippen molar-refractivity contribution < 1.29 is 36.6 Å². The fraction of sp³-hybridized carbons (Fsp3) is 0.219. The minimum atomic E-state index is -1.22. The van der Waals surface area contributed by atoms with Crippen LogP contribution < -0.4 is 20.8 Å². The number of hydrogen-bond acceptors (Lipinski definition) is 6. The van der Waals surface area contributed by atoms with Crippen LogP contribution in [-0.4, -0.2) is 30.1 Å². The van der Waals surface area contributed by atoms with Gasteiger partial charge >= 0.3 is 5.97 Å². The lowest BCUT2D eigenvalue weighted by Crippen LogP contribution is -2.34. The number of anilines is 1. The zero-order chi connectivity index (χ0) is 31.4. The molecule has 5 rings (SSSR count). The third-order valence-electron chi connectivity index (χ3n) is 7.33. The number of nitrogens with zero attached hydrogens (tertiary/aromatic N) is 1. The Morgan fingerprint density at radius 1 is 1.00 bits per heavy atom. The first kappa shape index (κ1) is 30.3. The van der Waals surface area contributed by atoms with Crippen LogP contribution in [-0.2, 0) is 24.3 Å². The van der Waals surface area contributed by atoms with Gasteiger partial charge in [-0.1, -0.05) is 42.5 Å². The predicted molar refractivity (Wildman–Crippen MR) is 153 cm³/mol. The number of carbonyl (C=O) groups is 2. The molecule has 8 nitrogen and oxygen atoms in total. The Labute approximate surface area is 249 Å². The van der Waals surface area contributed by atoms with Crippen molar-refractivity contribution in [3.63, 3.8) is 0 Å². The van der Waals surface area contributed by atoms with E-state index in [2.05, 4.69) is 10.6 Å². The van der Waals surface area contributed by atoms with Gasteiger partial charge in [-0.05, 0) is 30.0 Å². The van der Waals surface area contributed by atoms with Crippen LogP contribution in [0.15, 0.2) is 71.7 Å². The van der Waals surface area contributed by atoms with E-state index in [1.54, 1.807) is 42.5 Å². The van der Waals surface area contributed by atoms with Crippen molar-refractivity contribution in [2.75, 3.05) is 19.0 Å². The maximum Gasteiger partial charge on any atom is 0.358 e. The lowest BCUT2D eigenvalue weighted by molar-refractivity contribution is 0.0576. The molecular formula is C32H27F4N3O5. The van der Waals surface area contributed by atoms with Crippen molar-refractivity contribution in [3.8, 4) is 5.75 Å². The Morgan fingerprint density at radius 2 is 1.73 bits per heavy atom. The summed E-state index contributed by atoms with van der Waals surface area (Å²) in [5, 5.41) is 5.34. The maximum absolute atomic E-state index is 14.6. The van der Waals surface area contributed by atoms with Crippen LogP contribution in [0.25, 0.3) is 0 Å². The van der Waals surface area contributed by atoms with Gasteiger partial charge < -0.3 is 24.7 Å². The first-order valence-corrected chi connectivity index (χ1v) is 13.6. The van der Waals surface area contributed by atoms with Gasteiger partial charge in [-0.25, -0.2) is 22.4 Å². The van der Waals surface area contributed by atoms with Gasteiger partial charge in [0.25, 0.3) is 5.91 Å². The summed E-state index contributed by atoms with van der Waals surface area (Å²) >= 11 is 0. The maximum atomic E-state index is 14.6. The molecule has 0 radical (unpaired) electrons. The summed E-state index contributed by atoms with van der Waals surface area (Å²) in [6, 6.07) is 13.8. The molecule has 0 bridgehead atoms. The molecule has 44 heavy (non-hydrogen) atoms. The van der Waals surface area contributed by atoms with Gasteiger partial charge in [0.1, 0.15) is 35.4 Å². The number of pyridine rings is 1. The smallest absolute Gasteiger partial charge is 0.358 e. The van der Waals surface area contributed by atoms with Crippen LogP contribution in [0.5, 0.6) is 5.75 Å². The second-order valence-corrected chi connectivity index (χ2v) is 10.1. The van der Waals surface area contributed by atoms with Gasteiger partial charge in [-0.15, -0.1) is 0 Å². The summed E-state index contributed by atoms with van der Waals surface area (Å²) in [5.41, 5.74) is -0.665. The largest absolute Gasteiger partial charge is 0.482 e. The van der Waals surface area contributed by atoms with E-state index in [9.17, 15) is 31.9 Å². The van der Waals surface area contributed by atoms with Crippen LogP contribution in [0.2, 0.25) is 0 Å². The molecule has 0 fully saturated rings. The molecule has 1 atom stereocenters. The standard InChI is InChI=1S/C32H27F4N3O5/c1-43-32(42)28-30(44-17-18-6-3-2-4-7-18)29(40)23(31(41)38-15-22-25(35)12-20(33)13-26(22)36)16-39(28)21-11-10-19-8-5-9-24(34)27(19)37-14-21/h2-9,12-13,16,21,37H,10-11,14-15,17H2,1H3,(H,38,41)/t21-/m0/s1. The van der Waals surface area contributed by atoms with Crippen molar-refractivity contribution in [1.29, 1.82) is 0 Å². The molecule has 4 aromatic rings. The summed E-state index contributed by atoms with van der Waals surface area (Å²) in [4.78, 5) is 40.2. The number of halogens is 4. The van der Waals surface area contributed by atoms with E-state index in [0.717, 1.165) is 13.3 Å². The van der Waals surface area contributed by atoms with E-state index < -0.39 is 70.0 Å². The van der Waals surface area contributed by atoms with E-state index in [-0.39, 0.29) is 18.8 Å². The molecule has 0 saturated heterocycles. The van der Waals surface area contributed by atoms with E-state index >= 15 is 0 Å². The number of fused-ring (bicyclic) bond motifs is 1. The van der Waals surface area contributed by atoms with Gasteiger partial charge in [0, 0.05) is 37.0 Å². The highest BCUT2D eigenvalue weighted by Gasteiger charge is 2.31. The molecule has 1 amide bonds. The zero-order valence-corrected chi connectivity index (χ0v) is 23.5. The van der Waals surface area contributed by atoms with Crippen LogP contribution in [0.4, 0.5) is 23.2 Å². The molecule has 1 aliphatic heterocycles. The quantitative estimate of drug-likeness (QED) is 0.208. The number of rotatable bonds is 8. The number of benzene rings is 3. The van der Waals surface area contributed by atoms with Crippen LogP contribution in [0.3, 0.4) is 0 Å². The molecule has 1 aromatic heterocycles. The number of aromatic nitrogens is 1. The highest BCUT2D eigenvalue weighted by molar-refractivity contribution is 5.97. The molecule has 0 saturated carbocycles. The topological polar surface area (TPSA) is 98.7 Å². The first-order chi connectivity index (χ1) is 21.2. The fourth-order valence-electron chi connectivity index (χ4n) is 5.08. The summed E-state index contributed by atoms with van der Waals surface area (Å²) in [7, 11) is 1.13. The van der Waals surface area contributed by atoms with E-state index in [4.69, 9.17) is 9.47 Å². The predicted octanol–water partition coefficient (Wildman–Crippen LogP) is 5.30. The van der Waals surface area contributed by atoms with Crippen LogP contribution in [0, 0.1) is 23.3 Å². The number of ether oxygens (including phenoxy) is 2. The Morgan fingerprint density at radius 3 is 2.43 bits per heavy atom. The van der Waals surface area contributed by atoms with E-state index in [0.29, 0.717) is 41.8 Å². The van der Waals surface area contributed by atoms with Crippen molar-refractivity contribution in [2.24, 2.45) is 0 Å². The molecule has 0 aliphatic carbocycles. The Kier molecular flexibility index (Phi) is 8.98. The molecule has 3 aromatic carbocycles. The molecule has 2 heterocycles. The molecule has 228 valence electrons. The third kappa shape index (κ3) is 6.29. The molecule has 2 N–H and O–H groups in total. The summed E-state index contributed by atoms with van der Waals surface area (Å²) < 4.78 is 68.6. The average Bonchev–Trinajstić information content (AvgIpc) is 3.23. The Hall–Kier alpha value is -5.13. The second kappa shape index (κ2) is 13.0. The number of methoxy groups -OCH3 is 1. The van der Waals surface area contributed by atoms with E-state index in [1.807, 2.05) is 0 Å². The monoisotopic (exact) mass is 609 g/mol. The van der Waals surface area contributed by atoms with Crippen molar-refractivity contribution in [2.45, 2.75) is 32.0 Å². The Balaban J connectivity index is 1.57. The number of nitrogens with one attached hydrogen (secondary N) is 2. The fourth-order valence-corrected chi connectivity index (χ4v) is 5.08. The zero-order valence-electron chi connectivity index (χ0n) is 23.5. The number of hydrogen-bond donors (Lipinski definition) is 2. The molecule has 0 spiro atoms. The van der Waals surface area contributed by atoms with Crippen molar-refractivity contribution in [3.05, 3.63) is 128 Å². The molecule has 12 heteroatoms. The summed E-state index contributed by atoms with van der Waals surface area (Å²) in [6.07, 6.45) is 1.90. The van der Waals surface area contributed by atoms with Gasteiger partial charge in [-0.3, -0.25) is 9.59 Å². The molecular weight excluding hydrogens is 582 g/mol. The number of carbonyl (C=O) groups excluding carboxylic acids is 2. The van der Waals surface area contributed by atoms with Crippen LogP contribution >= 0.6 is 0 Å². The number of para-hydroxylation sites is 1. The van der Waals surface area contributed by atoms with Crippen molar-refractivity contribution in [1.82, 2.24) is 9.88 Å². The Bertz CT molecular complexity index is 1760.